The lowest BCUT2D eigenvalue weighted by Crippen LogP contribution is -2.51. The second-order valence-corrected chi connectivity index (χ2v) is 4.90. The van der Waals surface area contributed by atoms with Crippen LogP contribution in [0.25, 0.3) is 0 Å². The van der Waals surface area contributed by atoms with Gasteiger partial charge in [0.25, 0.3) is 0 Å². The van der Waals surface area contributed by atoms with Gasteiger partial charge in [-0.05, 0) is 30.0 Å². The third kappa shape index (κ3) is 5.26. The number of hydrogen-bond acceptors (Lipinski definition) is 2. The maximum Gasteiger partial charge on any atom is 0.312 e. The Kier molecular flexibility index (Phi) is 5.96. The first-order valence-electron chi connectivity index (χ1n) is 6.48. The van der Waals surface area contributed by atoms with Crippen LogP contribution in [-0.2, 0) is 11.2 Å². The summed E-state index contributed by atoms with van der Waals surface area (Å²) in [5, 5.41) is 5.14. The van der Waals surface area contributed by atoms with Gasteiger partial charge in [0.2, 0.25) is 5.91 Å². The predicted molar refractivity (Wildman–Crippen MR) is 74.5 cm³/mol. The molecule has 1 aromatic rings. The molecule has 0 bridgehead atoms. The Bertz CT molecular complexity index is 460. The zero-order valence-corrected chi connectivity index (χ0v) is 11.7. The lowest BCUT2D eigenvalue weighted by molar-refractivity contribution is -0.123. The number of amides is 3. The summed E-state index contributed by atoms with van der Waals surface area (Å²) in [6.07, 6.45) is 0.591. The third-order valence-electron chi connectivity index (χ3n) is 2.87. The van der Waals surface area contributed by atoms with E-state index in [1.807, 2.05) is 13.8 Å². The monoisotopic (exact) mass is 281 g/mol. The van der Waals surface area contributed by atoms with Gasteiger partial charge in [0.1, 0.15) is 11.9 Å². The van der Waals surface area contributed by atoms with Gasteiger partial charge in [-0.25, -0.2) is 9.18 Å². The van der Waals surface area contributed by atoms with Crippen LogP contribution in [-0.4, -0.2) is 24.5 Å². The van der Waals surface area contributed by atoms with Crippen LogP contribution in [0, 0.1) is 11.7 Å². The second kappa shape index (κ2) is 7.47. The summed E-state index contributed by atoms with van der Waals surface area (Å²) < 4.78 is 12.7. The molecule has 0 spiro atoms. The number of carbonyl (C=O) groups is 2. The van der Waals surface area contributed by atoms with E-state index < -0.39 is 12.1 Å². The SMILES string of the molecule is CC(C)C(NC(N)=O)C(=O)NCCc1ccc(F)cc1. The van der Waals surface area contributed by atoms with Crippen molar-refractivity contribution in [3.05, 3.63) is 35.6 Å². The minimum Gasteiger partial charge on any atom is -0.354 e. The fourth-order valence-corrected chi connectivity index (χ4v) is 1.78. The Morgan fingerprint density at radius 1 is 1.25 bits per heavy atom. The van der Waals surface area contributed by atoms with Crippen molar-refractivity contribution in [2.24, 2.45) is 11.7 Å². The van der Waals surface area contributed by atoms with Crippen molar-refractivity contribution in [2.75, 3.05) is 6.54 Å². The van der Waals surface area contributed by atoms with Gasteiger partial charge in [-0.2, -0.15) is 0 Å². The smallest absolute Gasteiger partial charge is 0.312 e. The lowest BCUT2D eigenvalue weighted by atomic mass is 10.0. The lowest BCUT2D eigenvalue weighted by Gasteiger charge is -2.20. The summed E-state index contributed by atoms with van der Waals surface area (Å²) >= 11 is 0. The van der Waals surface area contributed by atoms with Crippen molar-refractivity contribution < 1.29 is 14.0 Å². The molecule has 0 heterocycles. The molecule has 0 aliphatic carbocycles. The Morgan fingerprint density at radius 2 is 1.85 bits per heavy atom. The Hall–Kier alpha value is -2.11. The highest BCUT2D eigenvalue weighted by molar-refractivity contribution is 5.86. The van der Waals surface area contributed by atoms with Crippen molar-refractivity contribution >= 4 is 11.9 Å². The zero-order valence-electron chi connectivity index (χ0n) is 11.7. The molecule has 1 atom stereocenters. The molecule has 6 heteroatoms. The standard InChI is InChI=1S/C14H20FN3O2/c1-9(2)12(18-14(16)20)13(19)17-8-7-10-3-5-11(15)6-4-10/h3-6,9,12H,7-8H2,1-2H3,(H,17,19)(H3,16,18,20). The average molecular weight is 281 g/mol. The van der Waals surface area contributed by atoms with Gasteiger partial charge in [-0.15, -0.1) is 0 Å². The first-order chi connectivity index (χ1) is 9.40. The molecule has 1 rings (SSSR count). The number of nitrogens with one attached hydrogen (secondary N) is 2. The first-order valence-corrected chi connectivity index (χ1v) is 6.48. The van der Waals surface area contributed by atoms with Gasteiger partial charge < -0.3 is 16.4 Å². The van der Waals surface area contributed by atoms with Crippen LogP contribution in [0.5, 0.6) is 0 Å². The van der Waals surface area contributed by atoms with E-state index in [1.54, 1.807) is 12.1 Å². The van der Waals surface area contributed by atoms with Crippen molar-refractivity contribution in [1.29, 1.82) is 0 Å². The number of rotatable bonds is 6. The first kappa shape index (κ1) is 15.9. The Morgan fingerprint density at radius 3 is 2.35 bits per heavy atom. The molecular weight excluding hydrogens is 261 g/mol. The summed E-state index contributed by atoms with van der Waals surface area (Å²) in [4.78, 5) is 22.8. The zero-order chi connectivity index (χ0) is 15.1. The van der Waals surface area contributed by atoms with E-state index in [4.69, 9.17) is 5.73 Å². The molecule has 0 aliphatic rings. The van der Waals surface area contributed by atoms with Crippen LogP contribution in [0.4, 0.5) is 9.18 Å². The third-order valence-corrected chi connectivity index (χ3v) is 2.87. The highest BCUT2D eigenvalue weighted by atomic mass is 19.1. The molecule has 20 heavy (non-hydrogen) atoms. The van der Waals surface area contributed by atoms with Crippen LogP contribution in [0.1, 0.15) is 19.4 Å². The van der Waals surface area contributed by atoms with Crippen molar-refractivity contribution in [3.63, 3.8) is 0 Å². The van der Waals surface area contributed by atoms with Crippen LogP contribution in [0.15, 0.2) is 24.3 Å². The molecule has 110 valence electrons. The normalized spacial score (nSPS) is 12.0. The van der Waals surface area contributed by atoms with Crippen molar-refractivity contribution in [3.8, 4) is 0 Å². The van der Waals surface area contributed by atoms with Gasteiger partial charge in [-0.1, -0.05) is 26.0 Å². The maximum absolute atomic E-state index is 12.7. The van der Waals surface area contributed by atoms with Gasteiger partial charge in [0, 0.05) is 6.54 Å². The van der Waals surface area contributed by atoms with Crippen LogP contribution < -0.4 is 16.4 Å². The molecule has 3 amide bonds. The molecule has 0 aliphatic heterocycles. The summed E-state index contributed by atoms with van der Waals surface area (Å²) in [7, 11) is 0. The van der Waals surface area contributed by atoms with E-state index in [0.717, 1.165) is 5.56 Å². The number of hydrogen-bond donors (Lipinski definition) is 3. The minimum absolute atomic E-state index is 0.0617. The van der Waals surface area contributed by atoms with E-state index >= 15 is 0 Å². The molecule has 0 saturated carbocycles. The van der Waals surface area contributed by atoms with E-state index in [9.17, 15) is 14.0 Å². The van der Waals surface area contributed by atoms with Gasteiger partial charge in [0.15, 0.2) is 0 Å². The Labute approximate surface area is 117 Å². The summed E-state index contributed by atoms with van der Waals surface area (Å²) in [5.41, 5.74) is 5.96. The summed E-state index contributed by atoms with van der Waals surface area (Å²) in [6, 6.07) is 4.72. The van der Waals surface area contributed by atoms with Gasteiger partial charge >= 0.3 is 6.03 Å². The van der Waals surface area contributed by atoms with Gasteiger partial charge in [-0.3, -0.25) is 4.79 Å². The maximum atomic E-state index is 12.7. The number of urea groups is 1. The van der Waals surface area contributed by atoms with Crippen LogP contribution in [0.2, 0.25) is 0 Å². The largest absolute Gasteiger partial charge is 0.354 e. The van der Waals surface area contributed by atoms with Gasteiger partial charge in [0.05, 0.1) is 0 Å². The molecule has 5 nitrogen and oxygen atoms in total. The average Bonchev–Trinajstić information content (AvgIpc) is 2.37. The number of halogens is 1. The molecule has 0 fully saturated rings. The molecular formula is C14H20FN3O2. The molecule has 0 aromatic heterocycles. The highest BCUT2D eigenvalue weighted by Gasteiger charge is 2.22. The van der Waals surface area contributed by atoms with Crippen LogP contribution in [0.3, 0.4) is 0 Å². The highest BCUT2D eigenvalue weighted by Crippen LogP contribution is 2.04. The number of benzene rings is 1. The van der Waals surface area contributed by atoms with E-state index in [-0.39, 0.29) is 17.6 Å². The number of primary amides is 1. The van der Waals surface area contributed by atoms with E-state index in [0.29, 0.717) is 13.0 Å². The molecule has 1 aromatic carbocycles. The topological polar surface area (TPSA) is 84.2 Å². The molecule has 0 radical (unpaired) electrons. The Balaban J connectivity index is 2.44. The van der Waals surface area contributed by atoms with Crippen molar-refractivity contribution in [1.82, 2.24) is 10.6 Å². The fourth-order valence-electron chi connectivity index (χ4n) is 1.78. The predicted octanol–water partition coefficient (Wildman–Crippen LogP) is 1.18. The minimum atomic E-state index is -0.725. The van der Waals surface area contributed by atoms with E-state index in [1.165, 1.54) is 12.1 Å². The number of carbonyl (C=O) groups excluding carboxylic acids is 2. The van der Waals surface area contributed by atoms with E-state index in [2.05, 4.69) is 10.6 Å². The fraction of sp³-hybridized carbons (Fsp3) is 0.429. The summed E-state index contributed by atoms with van der Waals surface area (Å²) in [6.45, 7) is 4.05. The molecule has 0 saturated heterocycles. The molecule has 1 unspecified atom stereocenters. The summed E-state index contributed by atoms with van der Waals surface area (Å²) in [5.74, 6) is -0.627. The van der Waals surface area contributed by atoms with Crippen molar-refractivity contribution in [2.45, 2.75) is 26.3 Å². The quantitative estimate of drug-likeness (QED) is 0.731. The molecule has 4 N–H and O–H groups in total. The second-order valence-electron chi connectivity index (χ2n) is 4.90. The van der Waals surface area contributed by atoms with Crippen LogP contribution >= 0.6 is 0 Å². The number of nitrogens with two attached hydrogens (primary N) is 1.